The minimum Gasteiger partial charge on any atom is -0.392 e. The van der Waals surface area contributed by atoms with E-state index in [-0.39, 0.29) is 5.92 Å². The highest BCUT2D eigenvalue weighted by atomic mass is 16.3. The number of aliphatic hydroxyl groups is 1. The Kier molecular flexibility index (Phi) is 4.25. The number of rotatable bonds is 5. The fourth-order valence-electron chi connectivity index (χ4n) is 3.07. The zero-order valence-electron chi connectivity index (χ0n) is 13.1. The van der Waals surface area contributed by atoms with Gasteiger partial charge in [0.25, 0.3) is 0 Å². The molecule has 1 N–H and O–H groups in total. The molecule has 0 aliphatic rings. The molecule has 0 bridgehead atoms. The molecule has 22 heavy (non-hydrogen) atoms. The standard InChI is InChI=1S/C19H22N2O/c1-3-16(15-9-5-4-6-10-15)19-20-17-11-7-8-12-18(17)21(19)13-14(2)22/h4-12,14,16,22H,3,13H2,1-2H3. The van der Waals surface area contributed by atoms with Crippen LogP contribution < -0.4 is 0 Å². The first-order chi connectivity index (χ1) is 10.7. The van der Waals surface area contributed by atoms with E-state index in [0.29, 0.717) is 6.54 Å². The second kappa shape index (κ2) is 6.32. The lowest BCUT2D eigenvalue weighted by Crippen LogP contribution is -2.17. The molecule has 0 radical (unpaired) electrons. The van der Waals surface area contributed by atoms with Crippen LogP contribution in [0.15, 0.2) is 54.6 Å². The van der Waals surface area contributed by atoms with Crippen LogP contribution in [-0.2, 0) is 6.54 Å². The van der Waals surface area contributed by atoms with E-state index in [4.69, 9.17) is 4.98 Å². The Hall–Kier alpha value is -2.13. The number of aliphatic hydroxyl groups excluding tert-OH is 1. The molecule has 0 amide bonds. The molecule has 0 fully saturated rings. The SMILES string of the molecule is CCC(c1ccccc1)c1nc2ccccc2n1CC(C)O. The normalized spacial score (nSPS) is 14.1. The lowest BCUT2D eigenvalue weighted by molar-refractivity contribution is 0.173. The minimum absolute atomic E-state index is 0.243. The van der Waals surface area contributed by atoms with Crippen molar-refractivity contribution in [3.63, 3.8) is 0 Å². The van der Waals surface area contributed by atoms with E-state index in [9.17, 15) is 5.11 Å². The average Bonchev–Trinajstić information content (AvgIpc) is 2.87. The van der Waals surface area contributed by atoms with Gasteiger partial charge in [-0.25, -0.2) is 4.98 Å². The number of aromatic nitrogens is 2. The molecule has 0 saturated carbocycles. The third-order valence-electron chi connectivity index (χ3n) is 4.05. The van der Waals surface area contributed by atoms with Crippen LogP contribution in [0, 0.1) is 0 Å². The zero-order valence-corrected chi connectivity index (χ0v) is 13.1. The Morgan fingerprint density at radius 1 is 1.05 bits per heavy atom. The van der Waals surface area contributed by atoms with Gasteiger partial charge < -0.3 is 9.67 Å². The molecule has 0 aliphatic heterocycles. The van der Waals surface area contributed by atoms with Crippen LogP contribution in [0.1, 0.15) is 37.6 Å². The van der Waals surface area contributed by atoms with Gasteiger partial charge in [-0.2, -0.15) is 0 Å². The topological polar surface area (TPSA) is 38.0 Å². The largest absolute Gasteiger partial charge is 0.392 e. The molecule has 3 aromatic rings. The summed E-state index contributed by atoms with van der Waals surface area (Å²) < 4.78 is 2.17. The van der Waals surface area contributed by atoms with Crippen molar-refractivity contribution in [1.82, 2.24) is 9.55 Å². The summed E-state index contributed by atoms with van der Waals surface area (Å²) in [5, 5.41) is 9.88. The van der Waals surface area contributed by atoms with Gasteiger partial charge in [-0.05, 0) is 31.0 Å². The summed E-state index contributed by atoms with van der Waals surface area (Å²) in [5.74, 6) is 1.28. The summed E-state index contributed by atoms with van der Waals surface area (Å²) >= 11 is 0. The number of hydrogen-bond acceptors (Lipinski definition) is 2. The fraction of sp³-hybridized carbons (Fsp3) is 0.316. The van der Waals surface area contributed by atoms with Crippen molar-refractivity contribution in [3.05, 3.63) is 66.0 Å². The maximum atomic E-state index is 9.88. The monoisotopic (exact) mass is 294 g/mol. The van der Waals surface area contributed by atoms with Crippen LogP contribution >= 0.6 is 0 Å². The minimum atomic E-state index is -0.398. The second-order valence-corrected chi connectivity index (χ2v) is 5.79. The second-order valence-electron chi connectivity index (χ2n) is 5.79. The Bertz CT molecular complexity index is 746. The van der Waals surface area contributed by atoms with Crippen molar-refractivity contribution in [2.75, 3.05) is 0 Å². The Labute approximate surface area is 131 Å². The van der Waals surface area contributed by atoms with E-state index in [1.165, 1.54) is 5.56 Å². The summed E-state index contributed by atoms with van der Waals surface area (Å²) in [4.78, 5) is 4.87. The smallest absolute Gasteiger partial charge is 0.117 e. The van der Waals surface area contributed by atoms with Gasteiger partial charge in [0.2, 0.25) is 0 Å². The zero-order chi connectivity index (χ0) is 15.5. The van der Waals surface area contributed by atoms with E-state index in [1.54, 1.807) is 0 Å². The van der Waals surface area contributed by atoms with E-state index < -0.39 is 6.10 Å². The van der Waals surface area contributed by atoms with Crippen molar-refractivity contribution in [2.24, 2.45) is 0 Å². The van der Waals surface area contributed by atoms with Crippen LogP contribution in [0.4, 0.5) is 0 Å². The van der Waals surface area contributed by atoms with Crippen LogP contribution in [0.2, 0.25) is 0 Å². The number of benzene rings is 2. The van der Waals surface area contributed by atoms with Crippen molar-refractivity contribution in [2.45, 2.75) is 38.8 Å². The van der Waals surface area contributed by atoms with Crippen molar-refractivity contribution in [1.29, 1.82) is 0 Å². The highest BCUT2D eigenvalue weighted by Crippen LogP contribution is 2.30. The third kappa shape index (κ3) is 2.77. The number of hydrogen-bond donors (Lipinski definition) is 1. The molecular formula is C19H22N2O. The quantitative estimate of drug-likeness (QED) is 0.773. The highest BCUT2D eigenvalue weighted by Gasteiger charge is 2.21. The molecule has 0 spiro atoms. The fourth-order valence-corrected chi connectivity index (χ4v) is 3.07. The van der Waals surface area contributed by atoms with Crippen LogP contribution in [0.25, 0.3) is 11.0 Å². The van der Waals surface area contributed by atoms with Crippen molar-refractivity contribution >= 4 is 11.0 Å². The van der Waals surface area contributed by atoms with Gasteiger partial charge in [0.1, 0.15) is 5.82 Å². The van der Waals surface area contributed by atoms with Gasteiger partial charge in [0, 0.05) is 5.92 Å². The first-order valence-electron chi connectivity index (χ1n) is 7.89. The average molecular weight is 294 g/mol. The lowest BCUT2D eigenvalue weighted by Gasteiger charge is -2.18. The van der Waals surface area contributed by atoms with Crippen molar-refractivity contribution < 1.29 is 5.11 Å². The molecule has 2 unspecified atom stereocenters. The summed E-state index contributed by atoms with van der Waals surface area (Å²) in [7, 11) is 0. The lowest BCUT2D eigenvalue weighted by atomic mass is 9.95. The molecule has 0 saturated heterocycles. The van der Waals surface area contributed by atoms with E-state index in [1.807, 2.05) is 31.2 Å². The van der Waals surface area contributed by atoms with Gasteiger partial charge in [0.15, 0.2) is 0 Å². The van der Waals surface area contributed by atoms with Gasteiger partial charge in [-0.1, -0.05) is 49.4 Å². The summed E-state index contributed by atoms with van der Waals surface area (Å²) in [6.45, 7) is 4.57. The van der Waals surface area contributed by atoms with Crippen LogP contribution in [-0.4, -0.2) is 20.8 Å². The first kappa shape index (κ1) is 14.8. The summed E-state index contributed by atoms with van der Waals surface area (Å²) in [5.41, 5.74) is 3.35. The van der Waals surface area contributed by atoms with Crippen LogP contribution in [0.3, 0.4) is 0 Å². The van der Waals surface area contributed by atoms with Crippen molar-refractivity contribution in [3.8, 4) is 0 Å². The van der Waals surface area contributed by atoms with E-state index in [0.717, 1.165) is 23.3 Å². The Balaban J connectivity index is 2.15. The highest BCUT2D eigenvalue weighted by molar-refractivity contribution is 5.76. The third-order valence-corrected chi connectivity index (χ3v) is 4.05. The molecule has 1 heterocycles. The molecular weight excluding hydrogens is 272 g/mol. The van der Waals surface area contributed by atoms with Crippen LogP contribution in [0.5, 0.6) is 0 Å². The van der Waals surface area contributed by atoms with Gasteiger partial charge in [0.05, 0.1) is 23.7 Å². The molecule has 114 valence electrons. The maximum Gasteiger partial charge on any atom is 0.117 e. The molecule has 3 nitrogen and oxygen atoms in total. The Morgan fingerprint density at radius 3 is 2.41 bits per heavy atom. The summed E-state index contributed by atoms with van der Waals surface area (Å²) in [6.07, 6.45) is 0.581. The predicted molar refractivity (Wildman–Crippen MR) is 90.0 cm³/mol. The Morgan fingerprint density at radius 2 is 1.73 bits per heavy atom. The molecule has 2 aromatic carbocycles. The van der Waals surface area contributed by atoms with Gasteiger partial charge in [-0.15, -0.1) is 0 Å². The van der Waals surface area contributed by atoms with Gasteiger partial charge >= 0.3 is 0 Å². The van der Waals surface area contributed by atoms with E-state index >= 15 is 0 Å². The first-order valence-corrected chi connectivity index (χ1v) is 7.89. The number of nitrogens with zero attached hydrogens (tertiary/aromatic N) is 2. The number of imidazole rings is 1. The maximum absolute atomic E-state index is 9.88. The van der Waals surface area contributed by atoms with E-state index in [2.05, 4.69) is 41.8 Å². The number of fused-ring (bicyclic) bond motifs is 1. The predicted octanol–water partition coefficient (Wildman–Crippen LogP) is 3.96. The number of para-hydroxylation sites is 2. The molecule has 3 heteroatoms. The summed E-state index contributed by atoms with van der Waals surface area (Å²) in [6, 6.07) is 18.6. The molecule has 2 atom stereocenters. The van der Waals surface area contributed by atoms with Gasteiger partial charge in [-0.3, -0.25) is 0 Å². The molecule has 1 aromatic heterocycles. The molecule has 0 aliphatic carbocycles. The molecule has 3 rings (SSSR count).